The molecule has 36 heavy (non-hydrogen) atoms. The van der Waals surface area contributed by atoms with Gasteiger partial charge in [0.25, 0.3) is 5.91 Å². The number of fused-ring (bicyclic) bond motifs is 2. The predicted molar refractivity (Wildman–Crippen MR) is 132 cm³/mol. The van der Waals surface area contributed by atoms with E-state index in [2.05, 4.69) is 6.92 Å². The van der Waals surface area contributed by atoms with Crippen molar-refractivity contribution in [2.45, 2.75) is 72.2 Å². The van der Waals surface area contributed by atoms with Crippen LogP contribution < -0.4 is 0 Å². The van der Waals surface area contributed by atoms with Gasteiger partial charge in [-0.1, -0.05) is 32.9 Å². The molecule has 4 rings (SSSR count). The van der Waals surface area contributed by atoms with Gasteiger partial charge in [-0.05, 0) is 42.5 Å². The predicted octanol–water partition coefficient (Wildman–Crippen LogP) is 3.41. The van der Waals surface area contributed by atoms with E-state index >= 15 is 0 Å². The summed E-state index contributed by atoms with van der Waals surface area (Å²) >= 11 is 0. The number of carbonyl (C=O) groups is 3. The minimum absolute atomic E-state index is 0.0126. The summed E-state index contributed by atoms with van der Waals surface area (Å²) in [4.78, 5) is 39.9. The van der Waals surface area contributed by atoms with E-state index in [9.17, 15) is 19.5 Å². The summed E-state index contributed by atoms with van der Waals surface area (Å²) in [6.07, 6.45) is 0.338. The summed E-state index contributed by atoms with van der Waals surface area (Å²) in [6.45, 7) is 9.86. The second-order valence-electron chi connectivity index (χ2n) is 11.1. The zero-order valence-corrected chi connectivity index (χ0v) is 22.0. The SMILES string of the molecule is CO[C@H]1C2=C(C(=O)N(CCc3ccc(O)cc3)C2)[C@@]2(C)CC[C@H](OC(C)=O)C(C)(C)[C@H]2[C@@H]1OC(C)=O. The smallest absolute Gasteiger partial charge is 0.303 e. The Morgan fingerprint density at radius 2 is 1.72 bits per heavy atom. The molecule has 1 saturated carbocycles. The Kier molecular flexibility index (Phi) is 6.94. The number of benzene rings is 1. The van der Waals surface area contributed by atoms with Crippen LogP contribution in [0, 0.1) is 16.7 Å². The van der Waals surface area contributed by atoms with Crippen molar-refractivity contribution in [3.8, 4) is 5.75 Å². The summed E-state index contributed by atoms with van der Waals surface area (Å²) in [5.74, 6) is -0.860. The average Bonchev–Trinajstić information content (AvgIpc) is 3.12. The molecule has 0 bridgehead atoms. The van der Waals surface area contributed by atoms with Gasteiger partial charge >= 0.3 is 11.9 Å². The molecule has 1 aromatic carbocycles. The highest BCUT2D eigenvalue weighted by Gasteiger charge is 2.65. The lowest BCUT2D eigenvalue weighted by atomic mass is 9.48. The van der Waals surface area contributed by atoms with Crippen molar-refractivity contribution in [2.75, 3.05) is 20.2 Å². The molecule has 1 amide bonds. The van der Waals surface area contributed by atoms with Crippen LogP contribution in [-0.2, 0) is 35.0 Å². The van der Waals surface area contributed by atoms with Crippen molar-refractivity contribution in [1.29, 1.82) is 0 Å². The third kappa shape index (κ3) is 4.40. The van der Waals surface area contributed by atoms with Crippen molar-refractivity contribution in [3.05, 3.63) is 41.0 Å². The van der Waals surface area contributed by atoms with E-state index < -0.39 is 29.0 Å². The topological polar surface area (TPSA) is 102 Å². The molecule has 0 aromatic heterocycles. The van der Waals surface area contributed by atoms with Crippen LogP contribution in [0.3, 0.4) is 0 Å². The van der Waals surface area contributed by atoms with Crippen LogP contribution in [0.25, 0.3) is 0 Å². The molecule has 1 N–H and O–H groups in total. The molecule has 3 aliphatic rings. The molecule has 1 aliphatic heterocycles. The molecule has 8 nitrogen and oxygen atoms in total. The van der Waals surface area contributed by atoms with Crippen LogP contribution in [0.2, 0.25) is 0 Å². The molecule has 1 aromatic rings. The number of ether oxygens (including phenoxy) is 3. The standard InChI is InChI=1S/C28H37NO7/c1-16(30)35-21-11-13-28(5)22-20(23(34-6)24(36-17(2)31)25(28)27(21,3)4)15-29(26(22)33)14-12-18-7-9-19(32)10-8-18/h7-10,21,23-25,32H,11-15H2,1-6H3/t21-,23-,24+,25+,28+/m0/s1. The van der Waals surface area contributed by atoms with Crippen LogP contribution in [-0.4, -0.2) is 66.4 Å². The van der Waals surface area contributed by atoms with E-state index in [1.54, 1.807) is 19.2 Å². The van der Waals surface area contributed by atoms with E-state index in [4.69, 9.17) is 14.2 Å². The van der Waals surface area contributed by atoms with Crippen molar-refractivity contribution >= 4 is 17.8 Å². The van der Waals surface area contributed by atoms with Gasteiger partial charge in [0.1, 0.15) is 24.1 Å². The van der Waals surface area contributed by atoms with Crippen LogP contribution in [0.4, 0.5) is 0 Å². The third-order valence-electron chi connectivity index (χ3n) is 8.44. The van der Waals surface area contributed by atoms with E-state index in [0.717, 1.165) is 16.7 Å². The highest BCUT2D eigenvalue weighted by molar-refractivity contribution is 5.99. The molecule has 0 radical (unpaired) electrons. The molecule has 1 heterocycles. The third-order valence-corrected chi connectivity index (χ3v) is 8.44. The van der Waals surface area contributed by atoms with Crippen LogP contribution in [0.15, 0.2) is 35.4 Å². The summed E-state index contributed by atoms with van der Waals surface area (Å²) < 4.78 is 17.6. The van der Waals surface area contributed by atoms with Crippen molar-refractivity contribution in [1.82, 2.24) is 4.90 Å². The van der Waals surface area contributed by atoms with Crippen LogP contribution in [0.5, 0.6) is 5.75 Å². The monoisotopic (exact) mass is 499 g/mol. The van der Waals surface area contributed by atoms with E-state index in [1.165, 1.54) is 13.8 Å². The van der Waals surface area contributed by atoms with Gasteiger partial charge in [-0.25, -0.2) is 0 Å². The second kappa shape index (κ2) is 9.54. The van der Waals surface area contributed by atoms with E-state index in [0.29, 0.717) is 32.4 Å². The molecule has 0 unspecified atom stereocenters. The van der Waals surface area contributed by atoms with Gasteiger partial charge in [0.2, 0.25) is 0 Å². The normalized spacial score (nSPS) is 31.1. The van der Waals surface area contributed by atoms with Crippen LogP contribution in [0.1, 0.15) is 53.0 Å². The number of phenols is 1. The number of aromatic hydroxyl groups is 1. The first-order valence-corrected chi connectivity index (χ1v) is 12.6. The number of hydrogen-bond donors (Lipinski definition) is 1. The fourth-order valence-electron chi connectivity index (χ4n) is 7.03. The second-order valence-corrected chi connectivity index (χ2v) is 11.1. The Bertz CT molecular complexity index is 1080. The number of amides is 1. The number of nitrogens with zero attached hydrogens (tertiary/aromatic N) is 1. The summed E-state index contributed by atoms with van der Waals surface area (Å²) in [6, 6.07) is 7.00. The maximum atomic E-state index is 13.9. The molecule has 196 valence electrons. The van der Waals surface area contributed by atoms with Crippen molar-refractivity contribution in [3.63, 3.8) is 0 Å². The maximum absolute atomic E-state index is 13.9. The lowest BCUT2D eigenvalue weighted by molar-refractivity contribution is -0.200. The highest BCUT2D eigenvalue weighted by atomic mass is 16.6. The zero-order valence-electron chi connectivity index (χ0n) is 22.0. The van der Waals surface area contributed by atoms with E-state index in [1.807, 2.05) is 30.9 Å². The number of hydrogen-bond acceptors (Lipinski definition) is 7. The molecule has 5 atom stereocenters. The Labute approximate surface area is 212 Å². The highest BCUT2D eigenvalue weighted by Crippen LogP contribution is 2.62. The summed E-state index contributed by atoms with van der Waals surface area (Å²) in [7, 11) is 1.58. The van der Waals surface area contributed by atoms with Crippen molar-refractivity contribution < 1.29 is 33.7 Å². The molecular weight excluding hydrogens is 462 g/mol. The lowest BCUT2D eigenvalue weighted by Crippen LogP contribution is -2.62. The number of methoxy groups -OCH3 is 1. The van der Waals surface area contributed by atoms with Gasteiger partial charge in [-0.3, -0.25) is 14.4 Å². The lowest BCUT2D eigenvalue weighted by Gasteiger charge is -2.59. The first kappa shape index (κ1) is 26.2. The summed E-state index contributed by atoms with van der Waals surface area (Å²) in [5, 5.41) is 9.56. The average molecular weight is 500 g/mol. The van der Waals surface area contributed by atoms with Gasteiger partial charge < -0.3 is 24.2 Å². The number of phenolic OH excluding ortho intramolecular Hbond substituents is 1. The summed E-state index contributed by atoms with van der Waals surface area (Å²) in [5.41, 5.74) is 1.50. The zero-order chi connectivity index (χ0) is 26.4. The molecular formula is C28H37NO7. The first-order valence-electron chi connectivity index (χ1n) is 12.6. The van der Waals surface area contributed by atoms with Gasteiger partial charge in [-0.15, -0.1) is 0 Å². The van der Waals surface area contributed by atoms with Gasteiger partial charge in [0.05, 0.1) is 0 Å². The Morgan fingerprint density at radius 1 is 1.08 bits per heavy atom. The van der Waals surface area contributed by atoms with Gasteiger partial charge in [0.15, 0.2) is 0 Å². The molecule has 8 heteroatoms. The maximum Gasteiger partial charge on any atom is 0.303 e. The first-order chi connectivity index (χ1) is 16.9. The van der Waals surface area contributed by atoms with Gasteiger partial charge in [-0.2, -0.15) is 0 Å². The van der Waals surface area contributed by atoms with Gasteiger partial charge in [0, 0.05) is 56.4 Å². The fraction of sp³-hybridized carbons (Fsp3) is 0.607. The molecule has 1 fully saturated rings. The fourth-order valence-corrected chi connectivity index (χ4v) is 7.03. The largest absolute Gasteiger partial charge is 0.508 e. The number of esters is 2. The van der Waals surface area contributed by atoms with Crippen molar-refractivity contribution in [2.24, 2.45) is 16.7 Å². The minimum Gasteiger partial charge on any atom is -0.508 e. The number of carbonyl (C=O) groups excluding carboxylic acids is 3. The number of rotatable bonds is 6. The minimum atomic E-state index is -0.616. The Hall–Kier alpha value is -2.87. The molecule has 0 spiro atoms. The van der Waals surface area contributed by atoms with E-state index in [-0.39, 0.29) is 29.6 Å². The quantitative estimate of drug-likeness (QED) is 0.599. The van der Waals surface area contributed by atoms with Crippen LogP contribution >= 0.6 is 0 Å². The molecule has 0 saturated heterocycles. The Morgan fingerprint density at radius 3 is 2.31 bits per heavy atom. The molecule has 2 aliphatic carbocycles. The Balaban J connectivity index is 1.71.